The first-order valence-corrected chi connectivity index (χ1v) is 8.86. The van der Waals surface area contributed by atoms with Gasteiger partial charge in [0.05, 0.1) is 0 Å². The number of hydrogen-bond donors (Lipinski definition) is 2. The van der Waals surface area contributed by atoms with E-state index < -0.39 is 6.04 Å². The molecule has 2 N–H and O–H groups in total. The second kappa shape index (κ2) is 8.48. The fraction of sp³-hybridized carbons (Fsp3) is 0.778. The summed E-state index contributed by atoms with van der Waals surface area (Å²) in [6.45, 7) is 5.70. The first-order chi connectivity index (χ1) is 11.0. The Hall–Kier alpha value is -1.36. The average molecular weight is 322 g/mol. The van der Waals surface area contributed by atoms with Crippen LogP contribution in [0.15, 0.2) is 12.2 Å². The summed E-state index contributed by atoms with van der Waals surface area (Å²) in [5.74, 6) is 0.675. The SMILES string of the molecule is CC(C)C[C@@H](NC(=O)C1CC=CC1)C(=O)N1CCC(CO)CC1. The van der Waals surface area contributed by atoms with E-state index in [0.717, 1.165) is 25.7 Å². The van der Waals surface area contributed by atoms with Crippen molar-refractivity contribution in [3.8, 4) is 0 Å². The zero-order valence-electron chi connectivity index (χ0n) is 14.3. The number of carbonyl (C=O) groups is 2. The number of likely N-dealkylation sites (tertiary alicyclic amines) is 1. The summed E-state index contributed by atoms with van der Waals surface area (Å²) in [5.41, 5.74) is 0. The lowest BCUT2D eigenvalue weighted by Crippen LogP contribution is -2.52. The van der Waals surface area contributed by atoms with Gasteiger partial charge in [0.2, 0.25) is 11.8 Å². The summed E-state index contributed by atoms with van der Waals surface area (Å²) in [6.07, 6.45) is 7.97. The average Bonchev–Trinajstić information content (AvgIpc) is 3.07. The third-order valence-electron chi connectivity index (χ3n) is 4.88. The first-order valence-electron chi connectivity index (χ1n) is 8.86. The largest absolute Gasteiger partial charge is 0.396 e. The number of rotatable bonds is 6. The molecule has 130 valence electrons. The number of nitrogens with one attached hydrogen (secondary N) is 1. The van der Waals surface area contributed by atoms with E-state index in [1.54, 1.807) is 0 Å². The summed E-state index contributed by atoms with van der Waals surface area (Å²) in [4.78, 5) is 27.0. The molecule has 0 aromatic heterocycles. The molecule has 1 fully saturated rings. The lowest BCUT2D eigenvalue weighted by Gasteiger charge is -2.34. The van der Waals surface area contributed by atoms with E-state index >= 15 is 0 Å². The Morgan fingerprint density at radius 1 is 1.22 bits per heavy atom. The van der Waals surface area contributed by atoms with Crippen molar-refractivity contribution in [3.63, 3.8) is 0 Å². The third kappa shape index (κ3) is 5.06. The fourth-order valence-electron chi connectivity index (χ4n) is 3.37. The van der Waals surface area contributed by atoms with Gasteiger partial charge >= 0.3 is 0 Å². The van der Waals surface area contributed by atoms with Crippen LogP contribution < -0.4 is 5.32 Å². The van der Waals surface area contributed by atoms with Gasteiger partial charge in [-0.3, -0.25) is 9.59 Å². The minimum atomic E-state index is -0.422. The van der Waals surface area contributed by atoms with Crippen molar-refractivity contribution in [1.29, 1.82) is 0 Å². The van der Waals surface area contributed by atoms with Crippen molar-refractivity contribution in [1.82, 2.24) is 10.2 Å². The molecule has 5 nitrogen and oxygen atoms in total. The summed E-state index contributed by atoms with van der Waals surface area (Å²) in [6, 6.07) is -0.422. The zero-order chi connectivity index (χ0) is 16.8. The number of piperidine rings is 1. The van der Waals surface area contributed by atoms with Gasteiger partial charge in [0, 0.05) is 25.6 Å². The van der Waals surface area contributed by atoms with E-state index in [0.29, 0.717) is 31.3 Å². The minimum absolute atomic E-state index is 0.000700. The maximum atomic E-state index is 12.8. The molecule has 1 aliphatic carbocycles. The highest BCUT2D eigenvalue weighted by molar-refractivity contribution is 5.88. The van der Waals surface area contributed by atoms with Crippen molar-refractivity contribution in [3.05, 3.63) is 12.2 Å². The maximum Gasteiger partial charge on any atom is 0.245 e. The van der Waals surface area contributed by atoms with Crippen LogP contribution in [0.25, 0.3) is 0 Å². The summed E-state index contributed by atoms with van der Waals surface area (Å²) >= 11 is 0. The van der Waals surface area contributed by atoms with Crippen LogP contribution in [0.2, 0.25) is 0 Å². The van der Waals surface area contributed by atoms with E-state index in [4.69, 9.17) is 0 Å². The van der Waals surface area contributed by atoms with Crippen LogP contribution in [-0.4, -0.2) is 47.6 Å². The highest BCUT2D eigenvalue weighted by Gasteiger charge is 2.31. The molecule has 1 saturated heterocycles. The Morgan fingerprint density at radius 3 is 2.35 bits per heavy atom. The molecule has 5 heteroatoms. The molecule has 0 radical (unpaired) electrons. The molecule has 2 amide bonds. The van der Waals surface area contributed by atoms with E-state index in [1.807, 2.05) is 17.1 Å². The molecule has 1 aliphatic heterocycles. The van der Waals surface area contributed by atoms with E-state index in [9.17, 15) is 14.7 Å². The summed E-state index contributed by atoms with van der Waals surface area (Å²) in [5, 5.41) is 12.2. The van der Waals surface area contributed by atoms with Crippen molar-refractivity contribution >= 4 is 11.8 Å². The fourth-order valence-corrected chi connectivity index (χ4v) is 3.37. The molecule has 23 heavy (non-hydrogen) atoms. The van der Waals surface area contributed by atoms with E-state index in [1.165, 1.54) is 0 Å². The number of aliphatic hydroxyl groups excluding tert-OH is 1. The van der Waals surface area contributed by atoms with Crippen LogP contribution in [-0.2, 0) is 9.59 Å². The van der Waals surface area contributed by atoms with Crippen molar-refractivity contribution in [2.24, 2.45) is 17.8 Å². The van der Waals surface area contributed by atoms with Gasteiger partial charge in [-0.1, -0.05) is 26.0 Å². The maximum absolute atomic E-state index is 12.8. The van der Waals surface area contributed by atoms with Crippen molar-refractivity contribution < 1.29 is 14.7 Å². The third-order valence-corrected chi connectivity index (χ3v) is 4.88. The van der Waals surface area contributed by atoms with Gasteiger partial charge in [0.1, 0.15) is 6.04 Å². The molecule has 1 heterocycles. The van der Waals surface area contributed by atoms with Crippen LogP contribution in [0.3, 0.4) is 0 Å². The van der Waals surface area contributed by atoms with Gasteiger partial charge in [-0.05, 0) is 43.9 Å². The first kappa shape index (κ1) is 18.0. The van der Waals surface area contributed by atoms with E-state index in [-0.39, 0.29) is 24.3 Å². The Balaban J connectivity index is 1.93. The molecule has 0 bridgehead atoms. The second-order valence-corrected chi connectivity index (χ2v) is 7.28. The van der Waals surface area contributed by atoms with Gasteiger partial charge in [-0.25, -0.2) is 0 Å². The molecule has 2 rings (SSSR count). The van der Waals surface area contributed by atoms with E-state index in [2.05, 4.69) is 19.2 Å². The lowest BCUT2D eigenvalue weighted by atomic mass is 9.95. The standard InChI is InChI=1S/C18H30N2O3/c1-13(2)11-16(19-17(22)15-5-3-4-6-15)18(23)20-9-7-14(12-21)8-10-20/h3-4,13-16,21H,5-12H2,1-2H3,(H,19,22)/t16-/m1/s1. The Kier molecular flexibility index (Phi) is 6.63. The monoisotopic (exact) mass is 322 g/mol. The highest BCUT2D eigenvalue weighted by Crippen LogP contribution is 2.21. The minimum Gasteiger partial charge on any atom is -0.396 e. The summed E-state index contributed by atoms with van der Waals surface area (Å²) in [7, 11) is 0. The Morgan fingerprint density at radius 2 is 1.83 bits per heavy atom. The molecule has 1 atom stereocenters. The van der Waals surface area contributed by atoms with Crippen LogP contribution in [0, 0.1) is 17.8 Å². The number of aliphatic hydroxyl groups is 1. The van der Waals surface area contributed by atoms with Crippen LogP contribution in [0.4, 0.5) is 0 Å². The van der Waals surface area contributed by atoms with Gasteiger partial charge < -0.3 is 15.3 Å². The number of amides is 2. The number of nitrogens with zero attached hydrogens (tertiary/aromatic N) is 1. The predicted octanol–water partition coefficient (Wildman–Crippen LogP) is 1.71. The normalized spacial score (nSPS) is 21.0. The second-order valence-electron chi connectivity index (χ2n) is 7.28. The number of allylic oxidation sites excluding steroid dienone is 2. The van der Waals surface area contributed by atoms with Gasteiger partial charge in [-0.2, -0.15) is 0 Å². The lowest BCUT2D eigenvalue weighted by molar-refractivity contribution is -0.139. The number of hydrogen-bond acceptors (Lipinski definition) is 3. The quantitative estimate of drug-likeness (QED) is 0.732. The van der Waals surface area contributed by atoms with Crippen LogP contribution in [0.5, 0.6) is 0 Å². The smallest absolute Gasteiger partial charge is 0.245 e. The Labute approximate surface area is 139 Å². The molecule has 0 aromatic carbocycles. The van der Waals surface area contributed by atoms with Crippen LogP contribution >= 0.6 is 0 Å². The van der Waals surface area contributed by atoms with Crippen LogP contribution in [0.1, 0.15) is 46.0 Å². The predicted molar refractivity (Wildman–Crippen MR) is 89.6 cm³/mol. The number of carbonyl (C=O) groups excluding carboxylic acids is 2. The molecular formula is C18H30N2O3. The van der Waals surface area contributed by atoms with Crippen molar-refractivity contribution in [2.45, 2.75) is 52.0 Å². The molecule has 0 saturated carbocycles. The Bertz CT molecular complexity index is 432. The highest BCUT2D eigenvalue weighted by atomic mass is 16.3. The topological polar surface area (TPSA) is 69.6 Å². The molecule has 2 aliphatic rings. The van der Waals surface area contributed by atoms with Gasteiger partial charge in [0.25, 0.3) is 0 Å². The summed E-state index contributed by atoms with van der Waals surface area (Å²) < 4.78 is 0. The van der Waals surface area contributed by atoms with Gasteiger partial charge in [0.15, 0.2) is 0 Å². The molecular weight excluding hydrogens is 292 g/mol. The van der Waals surface area contributed by atoms with Crippen molar-refractivity contribution in [2.75, 3.05) is 19.7 Å². The molecule has 0 unspecified atom stereocenters. The molecule has 0 aromatic rings. The van der Waals surface area contributed by atoms with Gasteiger partial charge in [-0.15, -0.1) is 0 Å². The zero-order valence-corrected chi connectivity index (χ0v) is 14.3. The molecule has 0 spiro atoms.